The monoisotopic (exact) mass is 492 g/mol. The molecular formula is C33H26Cl2. The summed E-state index contributed by atoms with van der Waals surface area (Å²) in [5, 5.41) is 1.54. The van der Waals surface area contributed by atoms with Crippen molar-refractivity contribution in [3.05, 3.63) is 128 Å². The summed E-state index contributed by atoms with van der Waals surface area (Å²) in [5.74, 6) is 0. The molecule has 0 N–H and O–H groups in total. The van der Waals surface area contributed by atoms with E-state index in [1.165, 1.54) is 55.7 Å². The van der Waals surface area contributed by atoms with Gasteiger partial charge in [0.25, 0.3) is 0 Å². The number of hydrogen-bond donors (Lipinski definition) is 0. The van der Waals surface area contributed by atoms with E-state index < -0.39 is 0 Å². The number of hydrogen-bond acceptors (Lipinski definition) is 0. The van der Waals surface area contributed by atoms with Crippen LogP contribution in [0.3, 0.4) is 0 Å². The molecule has 2 aliphatic carbocycles. The number of allylic oxidation sites excluding steroid dienone is 2. The average Bonchev–Trinajstić information content (AvgIpc) is 3.50. The highest BCUT2D eigenvalue weighted by molar-refractivity contribution is 6.31. The minimum Gasteiger partial charge on any atom is -0.0843 e. The molecule has 2 heteroatoms. The van der Waals surface area contributed by atoms with E-state index in [0.29, 0.717) is 0 Å². The van der Waals surface area contributed by atoms with Crippen molar-refractivity contribution in [3.63, 3.8) is 0 Å². The molecule has 35 heavy (non-hydrogen) atoms. The summed E-state index contributed by atoms with van der Waals surface area (Å²) in [4.78, 5) is 0. The van der Waals surface area contributed by atoms with Crippen molar-refractivity contribution in [2.75, 3.05) is 0 Å². The molecule has 0 bridgehead atoms. The van der Waals surface area contributed by atoms with Crippen molar-refractivity contribution in [1.82, 2.24) is 0 Å². The zero-order valence-electron chi connectivity index (χ0n) is 19.9. The van der Waals surface area contributed by atoms with Gasteiger partial charge in [-0.2, -0.15) is 0 Å². The quantitative estimate of drug-likeness (QED) is 0.265. The van der Waals surface area contributed by atoms with Crippen LogP contribution >= 0.6 is 23.2 Å². The minimum absolute atomic E-state index is 0.0351. The summed E-state index contributed by atoms with van der Waals surface area (Å²) in [6.07, 6.45) is 6.84. The van der Waals surface area contributed by atoms with Gasteiger partial charge in [-0.1, -0.05) is 121 Å². The second-order valence-electron chi connectivity index (χ2n) is 10.1. The van der Waals surface area contributed by atoms with Crippen molar-refractivity contribution >= 4 is 35.4 Å². The second-order valence-corrected chi connectivity index (χ2v) is 11.0. The van der Waals surface area contributed by atoms with Crippen LogP contribution in [0.5, 0.6) is 0 Å². The molecule has 0 atom stereocenters. The number of benzene rings is 4. The zero-order chi connectivity index (χ0) is 24.2. The summed E-state index contributed by atoms with van der Waals surface area (Å²) in [7, 11) is 0. The predicted molar refractivity (Wildman–Crippen MR) is 151 cm³/mol. The van der Waals surface area contributed by atoms with E-state index in [2.05, 4.69) is 86.7 Å². The maximum absolute atomic E-state index is 6.14. The molecule has 0 aliphatic heterocycles. The van der Waals surface area contributed by atoms with Gasteiger partial charge in [-0.15, -0.1) is 0 Å². The van der Waals surface area contributed by atoms with Gasteiger partial charge in [0.05, 0.1) is 0 Å². The Morgan fingerprint density at radius 3 is 1.34 bits per heavy atom. The van der Waals surface area contributed by atoms with E-state index in [0.717, 1.165) is 22.9 Å². The van der Waals surface area contributed by atoms with E-state index in [1.807, 2.05) is 24.3 Å². The SMILES string of the molecule is CC(C)(C1=Cc2c(cccc2-c2ccc(Cl)cc2)C1)C1=Cc2c(cccc2-c2ccc(Cl)cc2)C1. The Bertz CT molecular complexity index is 1390. The highest BCUT2D eigenvalue weighted by atomic mass is 35.5. The van der Waals surface area contributed by atoms with Gasteiger partial charge in [-0.05, 0) is 81.6 Å². The van der Waals surface area contributed by atoms with Crippen molar-refractivity contribution in [2.45, 2.75) is 26.7 Å². The Morgan fingerprint density at radius 2 is 0.943 bits per heavy atom. The first-order valence-electron chi connectivity index (χ1n) is 12.1. The third-order valence-electron chi connectivity index (χ3n) is 7.71. The molecular weight excluding hydrogens is 467 g/mol. The van der Waals surface area contributed by atoms with Gasteiger partial charge in [0, 0.05) is 15.5 Å². The lowest BCUT2D eigenvalue weighted by Crippen LogP contribution is -2.18. The summed E-state index contributed by atoms with van der Waals surface area (Å²) in [6, 6.07) is 29.7. The normalized spacial score (nSPS) is 14.4. The summed E-state index contributed by atoms with van der Waals surface area (Å²) in [5.41, 5.74) is 13.4. The third kappa shape index (κ3) is 3.96. The molecule has 172 valence electrons. The van der Waals surface area contributed by atoms with Crippen LogP contribution in [0.15, 0.2) is 96.1 Å². The van der Waals surface area contributed by atoms with Gasteiger partial charge in [0.1, 0.15) is 0 Å². The Hall–Kier alpha value is -3.06. The molecule has 0 aromatic heterocycles. The van der Waals surface area contributed by atoms with Crippen molar-refractivity contribution in [2.24, 2.45) is 5.41 Å². The molecule has 0 heterocycles. The van der Waals surface area contributed by atoms with Crippen LogP contribution in [-0.2, 0) is 12.8 Å². The molecule has 0 saturated heterocycles. The minimum atomic E-state index is -0.0351. The largest absolute Gasteiger partial charge is 0.0843 e. The fraction of sp³-hybridized carbons (Fsp3) is 0.152. The van der Waals surface area contributed by atoms with E-state index >= 15 is 0 Å². The van der Waals surface area contributed by atoms with Crippen LogP contribution in [0.1, 0.15) is 36.1 Å². The molecule has 0 radical (unpaired) electrons. The standard InChI is InChI=1S/C33H26Cl2/c1-33(2,25-17-23-5-3-7-29(31(23)19-25)21-9-13-27(34)14-10-21)26-18-24-6-4-8-30(32(24)20-26)22-11-15-28(35)16-12-22/h3-16,19-20H,17-18H2,1-2H3. The third-order valence-corrected chi connectivity index (χ3v) is 8.21. The second kappa shape index (κ2) is 8.55. The summed E-state index contributed by atoms with van der Waals surface area (Å²) in [6.45, 7) is 4.76. The van der Waals surface area contributed by atoms with Crippen LogP contribution in [-0.4, -0.2) is 0 Å². The molecule has 4 aromatic rings. The van der Waals surface area contributed by atoms with Crippen LogP contribution in [0, 0.1) is 5.41 Å². The molecule has 0 unspecified atom stereocenters. The van der Waals surface area contributed by atoms with E-state index in [-0.39, 0.29) is 5.41 Å². The Kier molecular flexibility index (Phi) is 5.48. The molecule has 0 amide bonds. The molecule has 0 saturated carbocycles. The van der Waals surface area contributed by atoms with Gasteiger partial charge < -0.3 is 0 Å². The number of halogens is 2. The lowest BCUT2D eigenvalue weighted by Gasteiger charge is -2.28. The smallest absolute Gasteiger partial charge is 0.0406 e. The highest BCUT2D eigenvalue weighted by Crippen LogP contribution is 2.48. The van der Waals surface area contributed by atoms with Crippen molar-refractivity contribution < 1.29 is 0 Å². The number of fused-ring (bicyclic) bond motifs is 2. The van der Waals surface area contributed by atoms with Gasteiger partial charge >= 0.3 is 0 Å². The molecule has 0 spiro atoms. The molecule has 0 fully saturated rings. The first-order chi connectivity index (χ1) is 16.9. The van der Waals surface area contributed by atoms with Crippen LogP contribution in [0.4, 0.5) is 0 Å². The topological polar surface area (TPSA) is 0 Å². The van der Waals surface area contributed by atoms with Gasteiger partial charge in [0.15, 0.2) is 0 Å². The van der Waals surface area contributed by atoms with Gasteiger partial charge in [-0.3, -0.25) is 0 Å². The van der Waals surface area contributed by atoms with Crippen molar-refractivity contribution in [3.8, 4) is 22.3 Å². The maximum atomic E-state index is 6.14. The first-order valence-corrected chi connectivity index (χ1v) is 12.8. The van der Waals surface area contributed by atoms with Crippen molar-refractivity contribution in [1.29, 1.82) is 0 Å². The zero-order valence-corrected chi connectivity index (χ0v) is 21.4. The van der Waals surface area contributed by atoms with Crippen LogP contribution in [0.25, 0.3) is 34.4 Å². The average molecular weight is 493 g/mol. The highest BCUT2D eigenvalue weighted by Gasteiger charge is 2.34. The van der Waals surface area contributed by atoms with Gasteiger partial charge in [-0.25, -0.2) is 0 Å². The first kappa shape index (κ1) is 22.4. The van der Waals surface area contributed by atoms with Crippen LogP contribution < -0.4 is 0 Å². The Morgan fingerprint density at radius 1 is 0.543 bits per heavy atom. The summed E-state index contributed by atoms with van der Waals surface area (Å²) < 4.78 is 0. The summed E-state index contributed by atoms with van der Waals surface area (Å²) >= 11 is 12.3. The van der Waals surface area contributed by atoms with E-state index in [1.54, 1.807) is 0 Å². The predicted octanol–water partition coefficient (Wildman–Crippen LogP) is 9.93. The molecule has 2 aliphatic rings. The molecule has 4 aromatic carbocycles. The Balaban J connectivity index is 1.37. The van der Waals surface area contributed by atoms with E-state index in [4.69, 9.17) is 23.2 Å². The number of rotatable bonds is 4. The molecule has 6 rings (SSSR count). The Labute approximate surface area is 217 Å². The molecule has 0 nitrogen and oxygen atoms in total. The van der Waals surface area contributed by atoms with Gasteiger partial charge in [0.2, 0.25) is 0 Å². The fourth-order valence-electron chi connectivity index (χ4n) is 5.51. The lowest BCUT2D eigenvalue weighted by molar-refractivity contribution is 0.526. The fourth-order valence-corrected chi connectivity index (χ4v) is 5.76. The lowest BCUT2D eigenvalue weighted by atomic mass is 9.75. The van der Waals surface area contributed by atoms with Crippen LogP contribution in [0.2, 0.25) is 10.0 Å². The van der Waals surface area contributed by atoms with E-state index in [9.17, 15) is 0 Å². The maximum Gasteiger partial charge on any atom is 0.0406 e.